The normalized spacial score (nSPS) is 15.9. The van der Waals surface area contributed by atoms with Crippen molar-refractivity contribution in [2.75, 3.05) is 21.3 Å². The molecule has 0 saturated carbocycles. The van der Waals surface area contributed by atoms with Crippen LogP contribution in [-0.2, 0) is 20.8 Å². The summed E-state index contributed by atoms with van der Waals surface area (Å²) in [4.78, 5) is 38.0. The molecule has 10 nitrogen and oxygen atoms in total. The lowest BCUT2D eigenvalue weighted by molar-refractivity contribution is -0.142. The highest BCUT2D eigenvalue weighted by Crippen LogP contribution is 2.38. The molecule has 4 N–H and O–H groups in total. The molecule has 208 valence electrons. The smallest absolute Gasteiger partial charge is 0.326 e. The number of carboxylic acids is 1. The van der Waals surface area contributed by atoms with Gasteiger partial charge in [-0.2, -0.15) is 0 Å². The number of nitrogens with one attached hydrogen (secondary N) is 2. The minimum Gasteiger partial charge on any atom is -0.508 e. The summed E-state index contributed by atoms with van der Waals surface area (Å²) in [5.41, 5.74) is 1.24. The van der Waals surface area contributed by atoms with Crippen LogP contribution in [0.2, 0.25) is 0 Å². The van der Waals surface area contributed by atoms with E-state index in [0.29, 0.717) is 34.8 Å². The van der Waals surface area contributed by atoms with Crippen LogP contribution >= 0.6 is 11.8 Å². The van der Waals surface area contributed by atoms with E-state index in [1.54, 1.807) is 42.1 Å². The third-order valence-corrected chi connectivity index (χ3v) is 7.12. The average Bonchev–Trinajstić information content (AvgIpc) is 3.44. The Bertz CT molecular complexity index is 1200. The van der Waals surface area contributed by atoms with E-state index in [1.807, 2.05) is 11.5 Å². The molecule has 0 fully saturated rings. The number of allylic oxidation sites excluding steroid dienone is 1. The lowest BCUT2D eigenvalue weighted by Gasteiger charge is -2.23. The van der Waals surface area contributed by atoms with Gasteiger partial charge in [-0.3, -0.25) is 9.59 Å². The van der Waals surface area contributed by atoms with E-state index in [9.17, 15) is 24.6 Å². The maximum absolute atomic E-state index is 13.2. The van der Waals surface area contributed by atoms with Gasteiger partial charge in [-0.1, -0.05) is 18.2 Å². The number of hydrogen-bond acceptors (Lipinski definition) is 8. The van der Waals surface area contributed by atoms with E-state index in [-0.39, 0.29) is 17.4 Å². The Morgan fingerprint density at radius 2 is 1.69 bits per heavy atom. The van der Waals surface area contributed by atoms with Crippen molar-refractivity contribution in [3.8, 4) is 23.0 Å². The van der Waals surface area contributed by atoms with E-state index in [2.05, 4.69) is 10.6 Å². The van der Waals surface area contributed by atoms with Crippen LogP contribution in [0.3, 0.4) is 0 Å². The summed E-state index contributed by atoms with van der Waals surface area (Å²) in [6.45, 7) is 0. The summed E-state index contributed by atoms with van der Waals surface area (Å²) >= 11 is 1.56. The van der Waals surface area contributed by atoms with E-state index >= 15 is 0 Å². The number of methoxy groups -OCH3 is 3. The van der Waals surface area contributed by atoms with Gasteiger partial charge in [0.2, 0.25) is 17.6 Å². The zero-order chi connectivity index (χ0) is 28.4. The third-order valence-electron chi connectivity index (χ3n) is 6.00. The van der Waals surface area contributed by atoms with Gasteiger partial charge in [-0.05, 0) is 59.7 Å². The maximum atomic E-state index is 13.2. The van der Waals surface area contributed by atoms with Crippen LogP contribution in [0.1, 0.15) is 24.0 Å². The number of phenolic OH excluding ortho intramolecular Hbond substituents is 1. The monoisotopic (exact) mass is 556 g/mol. The summed E-state index contributed by atoms with van der Waals surface area (Å²) in [5.74, 6) is -1.00. The number of rotatable bonds is 13. The number of carbonyl (C=O) groups excluding carboxylic acids is 2. The van der Waals surface area contributed by atoms with Gasteiger partial charge in [0.1, 0.15) is 17.8 Å². The molecule has 2 aromatic rings. The molecular weight excluding hydrogens is 524 g/mol. The molecule has 0 aromatic heterocycles. The quantitative estimate of drug-likeness (QED) is 0.274. The number of aromatic hydroxyl groups is 1. The zero-order valence-electron chi connectivity index (χ0n) is 21.9. The minimum atomic E-state index is -1.22. The Labute approximate surface area is 231 Å². The van der Waals surface area contributed by atoms with Crippen molar-refractivity contribution in [2.45, 2.75) is 36.6 Å². The Hall–Kier alpha value is -4.12. The molecule has 1 unspecified atom stereocenters. The van der Waals surface area contributed by atoms with Crippen molar-refractivity contribution in [3.05, 3.63) is 65.1 Å². The fourth-order valence-corrected chi connectivity index (χ4v) is 4.98. The first-order chi connectivity index (χ1) is 18.7. The van der Waals surface area contributed by atoms with E-state index in [1.165, 1.54) is 39.5 Å². The summed E-state index contributed by atoms with van der Waals surface area (Å²) in [6, 6.07) is 7.25. The van der Waals surface area contributed by atoms with Crippen molar-refractivity contribution in [2.24, 2.45) is 0 Å². The highest BCUT2D eigenvalue weighted by Gasteiger charge is 2.29. The number of carbonyl (C=O) groups is 3. The first-order valence-electron chi connectivity index (χ1n) is 12.1. The number of benzene rings is 2. The number of aliphatic carboxylic acids is 1. The largest absolute Gasteiger partial charge is 0.508 e. The van der Waals surface area contributed by atoms with Gasteiger partial charge >= 0.3 is 5.97 Å². The number of phenols is 1. The molecular formula is C28H32N2O8S. The molecule has 0 bridgehead atoms. The maximum Gasteiger partial charge on any atom is 0.326 e. The molecule has 0 radical (unpaired) electrons. The van der Waals surface area contributed by atoms with Gasteiger partial charge in [0.15, 0.2) is 11.5 Å². The van der Waals surface area contributed by atoms with Crippen LogP contribution in [0.4, 0.5) is 0 Å². The van der Waals surface area contributed by atoms with E-state index in [0.717, 1.165) is 6.42 Å². The van der Waals surface area contributed by atoms with Crippen LogP contribution in [0.5, 0.6) is 23.0 Å². The van der Waals surface area contributed by atoms with Crippen LogP contribution in [0.15, 0.2) is 54.0 Å². The number of carboxylic acid groups (broad SMARTS) is 1. The van der Waals surface area contributed by atoms with Crippen molar-refractivity contribution in [3.63, 3.8) is 0 Å². The van der Waals surface area contributed by atoms with Gasteiger partial charge in [0, 0.05) is 17.7 Å². The van der Waals surface area contributed by atoms with E-state index in [4.69, 9.17) is 14.2 Å². The first kappa shape index (κ1) is 29.4. The van der Waals surface area contributed by atoms with Gasteiger partial charge in [-0.25, -0.2) is 4.79 Å². The third kappa shape index (κ3) is 8.44. The van der Waals surface area contributed by atoms with Gasteiger partial charge < -0.3 is 35.1 Å². The topological polar surface area (TPSA) is 143 Å². The summed E-state index contributed by atoms with van der Waals surface area (Å²) in [6.07, 6.45) is 5.89. The van der Waals surface area contributed by atoms with Crippen LogP contribution in [0.25, 0.3) is 6.08 Å². The number of ether oxygens (including phenoxy) is 3. The van der Waals surface area contributed by atoms with Gasteiger partial charge in [0.25, 0.3) is 0 Å². The van der Waals surface area contributed by atoms with Crippen LogP contribution in [0, 0.1) is 0 Å². The standard InChI is InChI=1S/C28H32N2O8S/c1-36-23-14-18(15-24(37-2)26(23)38-3)8-11-25(32)29-21(16-20-5-4-12-39-20)27(33)30-22(28(34)35)13-17-6-9-19(31)10-7-17/h4,6-12,14-15,20-22,31H,5,13,16H2,1-3H3,(H,29,32)(H,30,33)(H,34,35)/t20?,21-,22-/m0/s1. The second-order valence-corrected chi connectivity index (χ2v) is 9.94. The highest BCUT2D eigenvalue weighted by atomic mass is 32.2. The van der Waals surface area contributed by atoms with Crippen molar-refractivity contribution in [1.82, 2.24) is 10.6 Å². The van der Waals surface area contributed by atoms with Crippen molar-refractivity contribution >= 4 is 35.6 Å². The van der Waals surface area contributed by atoms with Gasteiger partial charge in [0.05, 0.1) is 21.3 Å². The molecule has 2 aromatic carbocycles. The molecule has 0 spiro atoms. The molecule has 0 aliphatic carbocycles. The lowest BCUT2D eigenvalue weighted by Crippen LogP contribution is -2.52. The van der Waals surface area contributed by atoms with Crippen LogP contribution < -0.4 is 24.8 Å². The molecule has 1 aliphatic rings. The number of hydrogen-bond donors (Lipinski definition) is 4. The Kier molecular flexibility index (Phi) is 10.7. The molecule has 1 aliphatic heterocycles. The molecule has 1 heterocycles. The van der Waals surface area contributed by atoms with E-state index < -0.39 is 29.9 Å². The minimum absolute atomic E-state index is 0.0167. The molecule has 2 amide bonds. The number of thioether (sulfide) groups is 1. The summed E-state index contributed by atoms with van der Waals surface area (Å²) in [5, 5.41) is 26.5. The van der Waals surface area contributed by atoms with Gasteiger partial charge in [-0.15, -0.1) is 11.8 Å². The van der Waals surface area contributed by atoms with Crippen LogP contribution in [-0.4, -0.2) is 66.7 Å². The van der Waals surface area contributed by atoms with Crippen molar-refractivity contribution < 1.29 is 38.8 Å². The Morgan fingerprint density at radius 1 is 1.03 bits per heavy atom. The fraction of sp³-hybridized carbons (Fsp3) is 0.321. The fourth-order valence-electron chi connectivity index (χ4n) is 4.01. The SMILES string of the molecule is COc1cc(C=CC(=O)N[C@@H](CC2CC=CS2)C(=O)N[C@@H](Cc2ccc(O)cc2)C(=O)O)cc(OC)c1OC. The lowest BCUT2D eigenvalue weighted by atomic mass is 10.0. The van der Waals surface area contributed by atoms with Crippen molar-refractivity contribution in [1.29, 1.82) is 0 Å². The Balaban J connectivity index is 1.74. The molecule has 3 rings (SSSR count). The molecule has 39 heavy (non-hydrogen) atoms. The second kappa shape index (κ2) is 14.1. The molecule has 0 saturated heterocycles. The number of amides is 2. The second-order valence-electron chi connectivity index (χ2n) is 8.72. The predicted molar refractivity (Wildman–Crippen MR) is 148 cm³/mol. The summed E-state index contributed by atoms with van der Waals surface area (Å²) in [7, 11) is 4.47. The summed E-state index contributed by atoms with van der Waals surface area (Å²) < 4.78 is 16.0. The molecule has 11 heteroatoms. The Morgan fingerprint density at radius 3 is 2.23 bits per heavy atom. The average molecular weight is 557 g/mol. The highest BCUT2D eigenvalue weighted by molar-refractivity contribution is 8.03. The first-order valence-corrected chi connectivity index (χ1v) is 13.1. The predicted octanol–water partition coefficient (Wildman–Crippen LogP) is 3.14. The zero-order valence-corrected chi connectivity index (χ0v) is 22.7. The molecule has 3 atom stereocenters.